The van der Waals surface area contributed by atoms with E-state index in [1.54, 1.807) is 0 Å². The Bertz CT molecular complexity index is 928. The molecular weight excluding hydrogens is 368 g/mol. The Hall–Kier alpha value is -2.54. The molecule has 0 saturated carbocycles. The van der Waals surface area contributed by atoms with Crippen molar-refractivity contribution in [3.63, 3.8) is 0 Å². The van der Waals surface area contributed by atoms with Crippen LogP contribution in [0, 0.1) is 0 Å². The normalized spacial score (nSPS) is 19.3. The van der Waals surface area contributed by atoms with Gasteiger partial charge in [0, 0.05) is 31.7 Å². The summed E-state index contributed by atoms with van der Waals surface area (Å²) in [6.07, 6.45) is 3.87. The highest BCUT2D eigenvalue weighted by Gasteiger charge is 2.37. The lowest BCUT2D eigenvalue weighted by atomic mass is 9.82. The molecule has 29 heavy (non-hydrogen) atoms. The van der Waals surface area contributed by atoms with E-state index in [4.69, 9.17) is 9.47 Å². The number of amides is 1. The molecule has 7 heteroatoms. The van der Waals surface area contributed by atoms with Crippen LogP contribution in [-0.2, 0) is 23.3 Å². The lowest BCUT2D eigenvalue weighted by Gasteiger charge is -2.37. The highest BCUT2D eigenvalue weighted by Crippen LogP contribution is 2.37. The zero-order chi connectivity index (χ0) is 20.0. The molecule has 0 spiro atoms. The number of nitrogens with zero attached hydrogens (tertiary/aromatic N) is 3. The van der Waals surface area contributed by atoms with Crippen LogP contribution in [0.5, 0.6) is 11.5 Å². The molecule has 1 amide bonds. The number of likely N-dealkylation sites (tertiary alicyclic amines) is 1. The second kappa shape index (κ2) is 7.06. The average Bonchev–Trinajstić information content (AvgIpc) is 3.37. The van der Waals surface area contributed by atoms with Crippen molar-refractivity contribution in [3.8, 4) is 11.5 Å². The summed E-state index contributed by atoms with van der Waals surface area (Å²) in [5.41, 5.74) is 2.97. The van der Waals surface area contributed by atoms with Crippen LogP contribution < -0.4 is 14.8 Å². The summed E-state index contributed by atoms with van der Waals surface area (Å²) < 4.78 is 13.5. The minimum atomic E-state index is -0.612. The number of fused-ring (bicyclic) bond motifs is 2. The fourth-order valence-electron chi connectivity index (χ4n) is 4.66. The number of carbonyl (C=O) groups excluding carboxylic acids is 1. The van der Waals surface area contributed by atoms with E-state index in [-0.39, 0.29) is 5.91 Å². The van der Waals surface area contributed by atoms with Crippen molar-refractivity contribution in [2.45, 2.75) is 51.2 Å². The van der Waals surface area contributed by atoms with Gasteiger partial charge in [-0.1, -0.05) is 6.07 Å². The van der Waals surface area contributed by atoms with Crippen molar-refractivity contribution in [3.05, 3.63) is 41.2 Å². The van der Waals surface area contributed by atoms with E-state index < -0.39 is 5.41 Å². The van der Waals surface area contributed by atoms with Gasteiger partial charge in [0.15, 0.2) is 11.5 Å². The number of hydrogen-bond acceptors (Lipinski definition) is 5. The smallest absolute Gasteiger partial charge is 0.232 e. The molecule has 0 unspecified atom stereocenters. The van der Waals surface area contributed by atoms with Crippen molar-refractivity contribution < 1.29 is 14.3 Å². The number of piperidine rings is 1. The monoisotopic (exact) mass is 396 g/mol. The van der Waals surface area contributed by atoms with E-state index in [1.165, 1.54) is 11.3 Å². The van der Waals surface area contributed by atoms with Crippen molar-refractivity contribution >= 4 is 5.91 Å². The van der Waals surface area contributed by atoms with Crippen molar-refractivity contribution in [2.75, 3.05) is 26.3 Å². The minimum Gasteiger partial charge on any atom is -0.486 e. The molecule has 0 atom stereocenters. The Balaban J connectivity index is 1.28. The van der Waals surface area contributed by atoms with Gasteiger partial charge in [-0.15, -0.1) is 0 Å². The Morgan fingerprint density at radius 2 is 1.90 bits per heavy atom. The topological polar surface area (TPSA) is 68.6 Å². The third-order valence-corrected chi connectivity index (χ3v) is 6.49. The number of benzene rings is 1. The van der Waals surface area contributed by atoms with E-state index in [9.17, 15) is 4.79 Å². The van der Waals surface area contributed by atoms with Gasteiger partial charge in [-0.2, -0.15) is 5.10 Å². The molecule has 3 aliphatic heterocycles. The molecule has 1 fully saturated rings. The number of aromatic nitrogens is 2. The lowest BCUT2D eigenvalue weighted by Crippen LogP contribution is -2.47. The zero-order valence-electron chi connectivity index (χ0n) is 17.1. The Morgan fingerprint density at radius 3 is 2.69 bits per heavy atom. The number of nitrogens with one attached hydrogen (secondary N) is 1. The van der Waals surface area contributed by atoms with Gasteiger partial charge in [0.05, 0.1) is 23.3 Å². The molecule has 4 heterocycles. The minimum absolute atomic E-state index is 0.167. The highest BCUT2D eigenvalue weighted by atomic mass is 16.6. The van der Waals surface area contributed by atoms with E-state index in [1.807, 2.05) is 43.1 Å². The average molecular weight is 396 g/mol. The first-order chi connectivity index (χ1) is 14.0. The van der Waals surface area contributed by atoms with Crippen LogP contribution in [0.25, 0.3) is 0 Å². The van der Waals surface area contributed by atoms with Crippen LogP contribution in [0.15, 0.2) is 24.4 Å². The van der Waals surface area contributed by atoms with Gasteiger partial charge >= 0.3 is 0 Å². The standard InChI is InChI=1S/C22H28N4O3/c1-22(2,16-3-4-19-20(11-16)29-10-9-28-19)21(27)25-7-5-17(6-8-25)26-18-14-23-12-15(18)13-24-26/h3-4,11,13,17,23H,5-10,12,14H2,1-2H3. The SMILES string of the molecule is CC(C)(C(=O)N1CCC(n2ncc3c2CNC3)CC1)c1ccc2c(c1)OCCO2. The maximum atomic E-state index is 13.4. The molecule has 1 aromatic carbocycles. The predicted octanol–water partition coefficient (Wildman–Crippen LogP) is 2.40. The third-order valence-electron chi connectivity index (χ3n) is 6.49. The first kappa shape index (κ1) is 18.5. The third kappa shape index (κ3) is 3.17. The zero-order valence-corrected chi connectivity index (χ0v) is 17.1. The summed E-state index contributed by atoms with van der Waals surface area (Å²) in [7, 11) is 0. The van der Waals surface area contributed by atoms with Crippen LogP contribution in [0.4, 0.5) is 0 Å². The largest absolute Gasteiger partial charge is 0.486 e. The molecule has 0 radical (unpaired) electrons. The Morgan fingerprint density at radius 1 is 1.14 bits per heavy atom. The van der Waals surface area contributed by atoms with E-state index in [0.29, 0.717) is 19.3 Å². The van der Waals surface area contributed by atoms with Crippen LogP contribution in [0.2, 0.25) is 0 Å². The summed E-state index contributed by atoms with van der Waals surface area (Å²) in [6, 6.07) is 6.23. The quantitative estimate of drug-likeness (QED) is 0.863. The van der Waals surface area contributed by atoms with Crippen LogP contribution >= 0.6 is 0 Å². The van der Waals surface area contributed by atoms with E-state index in [0.717, 1.165) is 56.1 Å². The number of carbonyl (C=O) groups is 1. The number of rotatable bonds is 3. The van der Waals surface area contributed by atoms with Gasteiger partial charge in [-0.25, -0.2) is 0 Å². The summed E-state index contributed by atoms with van der Waals surface area (Å²) in [5.74, 6) is 1.65. The first-order valence-corrected chi connectivity index (χ1v) is 10.5. The molecule has 0 bridgehead atoms. The van der Waals surface area contributed by atoms with Gasteiger partial charge in [0.1, 0.15) is 13.2 Å². The summed E-state index contributed by atoms with van der Waals surface area (Å²) >= 11 is 0. The van der Waals surface area contributed by atoms with Crippen molar-refractivity contribution in [1.82, 2.24) is 20.0 Å². The molecular formula is C22H28N4O3. The van der Waals surface area contributed by atoms with Crippen molar-refractivity contribution in [2.24, 2.45) is 0 Å². The maximum Gasteiger partial charge on any atom is 0.232 e. The van der Waals surface area contributed by atoms with Crippen LogP contribution in [0.3, 0.4) is 0 Å². The predicted molar refractivity (Wildman–Crippen MR) is 108 cm³/mol. The van der Waals surface area contributed by atoms with Crippen molar-refractivity contribution in [1.29, 1.82) is 0 Å². The molecule has 3 aliphatic rings. The second-order valence-corrected chi connectivity index (χ2v) is 8.67. The summed E-state index contributed by atoms with van der Waals surface area (Å²) in [4.78, 5) is 15.4. The molecule has 1 saturated heterocycles. The van der Waals surface area contributed by atoms with Gasteiger partial charge in [-0.3, -0.25) is 9.48 Å². The number of ether oxygens (including phenoxy) is 2. The van der Waals surface area contributed by atoms with Gasteiger partial charge in [-0.05, 0) is 44.4 Å². The molecule has 0 aliphatic carbocycles. The Kier molecular flexibility index (Phi) is 4.50. The van der Waals surface area contributed by atoms with E-state index in [2.05, 4.69) is 15.1 Å². The van der Waals surface area contributed by atoms with Crippen LogP contribution in [-0.4, -0.2) is 46.9 Å². The fourth-order valence-corrected chi connectivity index (χ4v) is 4.66. The highest BCUT2D eigenvalue weighted by molar-refractivity contribution is 5.87. The van der Waals surface area contributed by atoms with Gasteiger partial charge < -0.3 is 19.7 Å². The second-order valence-electron chi connectivity index (χ2n) is 8.67. The maximum absolute atomic E-state index is 13.4. The molecule has 1 N–H and O–H groups in total. The van der Waals surface area contributed by atoms with E-state index >= 15 is 0 Å². The number of hydrogen-bond donors (Lipinski definition) is 1. The molecule has 2 aromatic rings. The molecule has 154 valence electrons. The Labute approximate surface area is 171 Å². The van der Waals surface area contributed by atoms with Gasteiger partial charge in [0.2, 0.25) is 5.91 Å². The lowest BCUT2D eigenvalue weighted by molar-refractivity contribution is -0.137. The first-order valence-electron chi connectivity index (χ1n) is 10.5. The summed E-state index contributed by atoms with van der Waals surface area (Å²) in [5, 5.41) is 8.01. The van der Waals surface area contributed by atoms with Crippen LogP contribution in [0.1, 0.15) is 49.6 Å². The van der Waals surface area contributed by atoms with Gasteiger partial charge in [0.25, 0.3) is 0 Å². The summed E-state index contributed by atoms with van der Waals surface area (Å²) in [6.45, 7) is 8.45. The fraction of sp³-hybridized carbons (Fsp3) is 0.545. The molecule has 5 rings (SSSR count). The molecule has 7 nitrogen and oxygen atoms in total. The molecule has 1 aromatic heterocycles.